The Morgan fingerprint density at radius 3 is 2.42 bits per heavy atom. The summed E-state index contributed by atoms with van der Waals surface area (Å²) in [6.07, 6.45) is 2.70. The average molecular weight is 459 g/mol. The Kier molecular flexibility index (Phi) is 7.39. The van der Waals surface area contributed by atoms with Crippen molar-refractivity contribution < 1.29 is 38.8 Å². The Labute approximate surface area is 192 Å². The van der Waals surface area contributed by atoms with Crippen molar-refractivity contribution in [1.29, 1.82) is 0 Å². The van der Waals surface area contributed by atoms with Crippen LogP contribution in [0.25, 0.3) is 0 Å². The number of aliphatic hydroxyl groups excluding tert-OH is 2. The maximum atomic E-state index is 12.9. The minimum Gasteiger partial charge on any atom is -0.458 e. The zero-order chi connectivity index (χ0) is 24.4. The van der Waals surface area contributed by atoms with Gasteiger partial charge in [0.05, 0.1) is 29.8 Å². The van der Waals surface area contributed by atoms with Gasteiger partial charge in [-0.25, -0.2) is 14.4 Å². The molecule has 2 N–H and O–H groups in total. The number of aliphatic hydroxyl groups is 2. The van der Waals surface area contributed by atoms with E-state index in [0.29, 0.717) is 5.57 Å². The van der Waals surface area contributed by atoms with E-state index < -0.39 is 48.7 Å². The predicted octanol–water partition coefficient (Wildman–Crippen LogP) is 1.94. The van der Waals surface area contributed by atoms with E-state index in [1.165, 1.54) is 12.2 Å². The highest BCUT2D eigenvalue weighted by molar-refractivity contribution is 5.93. The van der Waals surface area contributed by atoms with Crippen molar-refractivity contribution in [2.24, 2.45) is 17.8 Å². The van der Waals surface area contributed by atoms with Crippen LogP contribution in [0.4, 0.5) is 0 Å². The number of allylic oxidation sites excluding steroid dienone is 2. The molecule has 0 bridgehead atoms. The zero-order valence-electron chi connectivity index (χ0n) is 19.1. The first-order valence-corrected chi connectivity index (χ1v) is 10.9. The van der Waals surface area contributed by atoms with Crippen LogP contribution < -0.4 is 0 Å². The highest BCUT2D eigenvalue weighted by Crippen LogP contribution is 2.51. The van der Waals surface area contributed by atoms with E-state index in [4.69, 9.17) is 14.2 Å². The fraction of sp³-hybridized carbons (Fsp3) is 0.480. The van der Waals surface area contributed by atoms with Gasteiger partial charge in [-0.1, -0.05) is 42.5 Å². The second kappa shape index (κ2) is 9.89. The summed E-state index contributed by atoms with van der Waals surface area (Å²) in [5.41, 5.74) is 1.99. The lowest BCUT2D eigenvalue weighted by molar-refractivity contribution is -0.149. The summed E-state index contributed by atoms with van der Waals surface area (Å²) in [7, 11) is 0. The van der Waals surface area contributed by atoms with Crippen LogP contribution in [0, 0.1) is 17.8 Å². The monoisotopic (exact) mass is 458 g/mol. The van der Waals surface area contributed by atoms with E-state index in [-0.39, 0.29) is 41.6 Å². The van der Waals surface area contributed by atoms with Crippen LogP contribution in [0.2, 0.25) is 0 Å². The molecule has 1 saturated carbocycles. The van der Waals surface area contributed by atoms with E-state index in [9.17, 15) is 24.6 Å². The second-order valence-electron chi connectivity index (χ2n) is 8.54. The fourth-order valence-corrected chi connectivity index (χ4v) is 4.90. The average Bonchev–Trinajstić information content (AvgIpc) is 3.18. The third-order valence-electron chi connectivity index (χ3n) is 6.67. The van der Waals surface area contributed by atoms with E-state index >= 15 is 0 Å². The molecule has 0 aromatic carbocycles. The molecular weight excluding hydrogens is 428 g/mol. The molecule has 0 radical (unpaired) electrons. The summed E-state index contributed by atoms with van der Waals surface area (Å²) in [5.74, 6) is -3.20. The number of rotatable bonds is 6. The fourth-order valence-electron chi connectivity index (χ4n) is 4.90. The van der Waals surface area contributed by atoms with Crippen molar-refractivity contribution in [2.75, 3.05) is 13.2 Å². The van der Waals surface area contributed by atoms with Gasteiger partial charge in [0, 0.05) is 23.8 Å². The third kappa shape index (κ3) is 4.58. The molecule has 8 nitrogen and oxygen atoms in total. The molecule has 1 saturated heterocycles. The lowest BCUT2D eigenvalue weighted by Crippen LogP contribution is -2.37. The van der Waals surface area contributed by atoms with Crippen LogP contribution in [0.15, 0.2) is 59.3 Å². The molecule has 178 valence electrons. The van der Waals surface area contributed by atoms with Gasteiger partial charge in [0.2, 0.25) is 0 Å². The SMILES string of the molecule is C=C1C[C@@H](OC(=O)/C(=C/C)COC(=O)/C(=C/C)CO)[C@H]2C(=C)C(=O)O[C@@H]2[C@H]2C(C)=C[C@H](O)[C@@H]12. The number of hydrogen-bond acceptors (Lipinski definition) is 8. The van der Waals surface area contributed by atoms with E-state index in [0.717, 1.165) is 5.57 Å². The first-order chi connectivity index (χ1) is 15.6. The summed E-state index contributed by atoms with van der Waals surface area (Å²) in [6.45, 7) is 12.3. The molecule has 0 unspecified atom stereocenters. The molecule has 2 aliphatic carbocycles. The number of ether oxygens (including phenoxy) is 3. The van der Waals surface area contributed by atoms with Crippen LogP contribution in [-0.4, -0.2) is 59.6 Å². The van der Waals surface area contributed by atoms with Crippen molar-refractivity contribution in [3.63, 3.8) is 0 Å². The van der Waals surface area contributed by atoms with Gasteiger partial charge in [0.25, 0.3) is 0 Å². The van der Waals surface area contributed by atoms with Gasteiger partial charge in [0.15, 0.2) is 0 Å². The van der Waals surface area contributed by atoms with Crippen LogP contribution >= 0.6 is 0 Å². The highest BCUT2D eigenvalue weighted by atomic mass is 16.6. The Balaban J connectivity index is 1.80. The topological polar surface area (TPSA) is 119 Å². The van der Waals surface area contributed by atoms with Crippen molar-refractivity contribution in [2.45, 2.75) is 45.5 Å². The molecule has 3 aliphatic rings. The van der Waals surface area contributed by atoms with Gasteiger partial charge in [-0.15, -0.1) is 0 Å². The van der Waals surface area contributed by atoms with Crippen LogP contribution in [0.1, 0.15) is 27.2 Å². The molecule has 1 aliphatic heterocycles. The quantitative estimate of drug-likeness (QED) is 0.268. The minimum absolute atomic E-state index is 0.0770. The Bertz CT molecular complexity index is 969. The van der Waals surface area contributed by atoms with E-state index in [1.807, 2.05) is 6.92 Å². The number of carbonyl (C=O) groups is 3. The molecule has 0 amide bonds. The lowest BCUT2D eigenvalue weighted by atomic mass is 9.79. The normalized spacial score (nSPS) is 31.9. The van der Waals surface area contributed by atoms with Crippen molar-refractivity contribution >= 4 is 17.9 Å². The smallest absolute Gasteiger partial charge is 0.337 e. The van der Waals surface area contributed by atoms with Gasteiger partial charge in [0.1, 0.15) is 18.8 Å². The molecule has 6 atom stereocenters. The molecule has 8 heteroatoms. The molecule has 1 heterocycles. The summed E-state index contributed by atoms with van der Waals surface area (Å²) in [5, 5.41) is 19.7. The maximum absolute atomic E-state index is 12.9. The molecule has 33 heavy (non-hydrogen) atoms. The Morgan fingerprint density at radius 1 is 1.15 bits per heavy atom. The molecular formula is C25H30O8. The Hall–Kier alpha value is -2.97. The summed E-state index contributed by atoms with van der Waals surface area (Å²) >= 11 is 0. The highest BCUT2D eigenvalue weighted by Gasteiger charge is 2.56. The number of hydrogen-bond donors (Lipinski definition) is 2. The predicted molar refractivity (Wildman–Crippen MR) is 118 cm³/mol. The summed E-state index contributed by atoms with van der Waals surface area (Å²) < 4.78 is 16.5. The lowest BCUT2D eigenvalue weighted by Gasteiger charge is -2.29. The van der Waals surface area contributed by atoms with Crippen LogP contribution in [-0.2, 0) is 28.6 Å². The molecule has 2 fully saturated rings. The summed E-state index contributed by atoms with van der Waals surface area (Å²) in [4.78, 5) is 37.3. The number of fused-ring (bicyclic) bond motifs is 3. The van der Waals surface area contributed by atoms with Gasteiger partial charge in [-0.05, 0) is 20.8 Å². The van der Waals surface area contributed by atoms with E-state index in [2.05, 4.69) is 13.2 Å². The van der Waals surface area contributed by atoms with Crippen molar-refractivity contribution in [3.05, 3.63) is 59.3 Å². The minimum atomic E-state index is -0.784. The van der Waals surface area contributed by atoms with E-state index in [1.54, 1.807) is 19.9 Å². The third-order valence-corrected chi connectivity index (χ3v) is 6.67. The molecule has 0 aromatic heterocycles. The van der Waals surface area contributed by atoms with Crippen molar-refractivity contribution in [1.82, 2.24) is 0 Å². The van der Waals surface area contributed by atoms with Gasteiger partial charge in [-0.2, -0.15) is 0 Å². The molecule has 0 aromatic rings. The number of carbonyl (C=O) groups excluding carboxylic acids is 3. The van der Waals surface area contributed by atoms with Gasteiger partial charge >= 0.3 is 17.9 Å². The van der Waals surface area contributed by atoms with Gasteiger partial charge in [-0.3, -0.25) is 0 Å². The Morgan fingerprint density at radius 2 is 1.82 bits per heavy atom. The van der Waals surface area contributed by atoms with Crippen LogP contribution in [0.5, 0.6) is 0 Å². The maximum Gasteiger partial charge on any atom is 0.337 e. The standard InChI is InChI=1S/C25H30O8/c1-6-15(10-26)24(29)31-11-16(7-2)25(30)32-18-9-13(4)19-17(27)8-12(3)20(19)22-21(18)14(5)23(28)33-22/h6-8,17-22,26-27H,4-5,9-11H2,1-3H3/b15-6+,16-7+/t17-,18+,19+,20-,21+,22+/m0/s1. The largest absolute Gasteiger partial charge is 0.458 e. The first-order valence-electron chi connectivity index (χ1n) is 10.9. The van der Waals surface area contributed by atoms with Gasteiger partial charge < -0.3 is 24.4 Å². The van der Waals surface area contributed by atoms with Crippen LogP contribution in [0.3, 0.4) is 0 Å². The second-order valence-corrected chi connectivity index (χ2v) is 8.54. The van der Waals surface area contributed by atoms with Crippen molar-refractivity contribution in [3.8, 4) is 0 Å². The summed E-state index contributed by atoms with van der Waals surface area (Å²) in [6, 6.07) is 0. The molecule has 0 spiro atoms. The number of esters is 3. The molecule has 3 rings (SSSR count). The zero-order valence-corrected chi connectivity index (χ0v) is 19.1. The first kappa shape index (κ1) is 24.7.